The van der Waals surface area contributed by atoms with Crippen molar-refractivity contribution in [1.82, 2.24) is 14.5 Å². The Hall–Kier alpha value is -6.78. The van der Waals surface area contributed by atoms with E-state index in [1.165, 1.54) is 49.6 Å². The monoisotopic (exact) mass is 721 g/mol. The topological polar surface area (TPSA) is 43.9 Å². The standard InChI is InChI=1S/C52H39N3O/c1-5-16-34(17-6-1)48-49(35-18-7-2-8-19-35)53-52(54-50(48)36-20-9-3-10-21-36)38-29-31-43-42-30-28-37(32-46(42)56-47(43)33-38)40-25-15-26-44-41-24-13-14-27-45(41)55(51(40)44)39-22-11-4-12-23-39/h1-9,11-20,22-27,29,31,33,37H,10,21,28,30,32H2. The van der Waals surface area contributed by atoms with Gasteiger partial charge < -0.3 is 8.98 Å². The van der Waals surface area contributed by atoms with Crippen LogP contribution in [0, 0.1) is 0 Å². The molecule has 0 saturated heterocycles. The van der Waals surface area contributed by atoms with Gasteiger partial charge in [0.2, 0.25) is 0 Å². The predicted molar refractivity (Wildman–Crippen MR) is 230 cm³/mol. The maximum Gasteiger partial charge on any atom is 0.160 e. The van der Waals surface area contributed by atoms with Crippen molar-refractivity contribution in [3.63, 3.8) is 0 Å². The van der Waals surface area contributed by atoms with Crippen molar-refractivity contribution in [1.29, 1.82) is 0 Å². The first-order valence-electron chi connectivity index (χ1n) is 19.8. The summed E-state index contributed by atoms with van der Waals surface area (Å²) in [5.41, 5.74) is 14.7. The number of fused-ring (bicyclic) bond motifs is 6. The normalized spacial score (nSPS) is 15.4. The second-order valence-corrected chi connectivity index (χ2v) is 15.1. The number of rotatable bonds is 6. The number of aryl methyl sites for hydroxylation is 1. The highest BCUT2D eigenvalue weighted by Gasteiger charge is 2.29. The highest BCUT2D eigenvalue weighted by molar-refractivity contribution is 6.10. The molecule has 0 bridgehead atoms. The van der Waals surface area contributed by atoms with Crippen LogP contribution in [0.1, 0.15) is 47.8 Å². The zero-order valence-electron chi connectivity index (χ0n) is 31.0. The van der Waals surface area contributed by atoms with E-state index in [0.29, 0.717) is 11.7 Å². The molecular formula is C52H39N3O. The summed E-state index contributed by atoms with van der Waals surface area (Å²) in [4.78, 5) is 10.8. The van der Waals surface area contributed by atoms with Crippen LogP contribution in [0.2, 0.25) is 0 Å². The van der Waals surface area contributed by atoms with Crippen molar-refractivity contribution in [2.75, 3.05) is 0 Å². The zero-order chi connectivity index (χ0) is 37.0. The van der Waals surface area contributed by atoms with Gasteiger partial charge in [-0.3, -0.25) is 0 Å². The van der Waals surface area contributed by atoms with Gasteiger partial charge in [0.25, 0.3) is 0 Å². The molecular weight excluding hydrogens is 683 g/mol. The Morgan fingerprint density at radius 1 is 0.607 bits per heavy atom. The molecule has 9 aromatic rings. The van der Waals surface area contributed by atoms with Crippen LogP contribution in [-0.2, 0) is 12.8 Å². The smallest absolute Gasteiger partial charge is 0.160 e. The Balaban J connectivity index is 1.02. The highest BCUT2D eigenvalue weighted by Crippen LogP contribution is 2.44. The molecule has 0 saturated carbocycles. The molecule has 4 heteroatoms. The Morgan fingerprint density at radius 2 is 1.34 bits per heavy atom. The average Bonchev–Trinajstić information content (AvgIpc) is 3.82. The van der Waals surface area contributed by atoms with Gasteiger partial charge in [-0.15, -0.1) is 0 Å². The molecule has 4 nitrogen and oxygen atoms in total. The molecule has 268 valence electrons. The molecule has 1 unspecified atom stereocenters. The SMILES string of the molecule is C1=CCCC(c2nc(-c3ccc4c5c(oc4c3)CC(c3cccc4c6ccccc6n(-c6ccccc6)c34)CC5)nc(-c3ccccc3)c2-c2ccccc2)=C1. The summed E-state index contributed by atoms with van der Waals surface area (Å²) in [7, 11) is 0. The van der Waals surface area contributed by atoms with Gasteiger partial charge in [0.1, 0.15) is 11.3 Å². The Bertz CT molecular complexity index is 2990. The molecule has 0 spiro atoms. The van der Waals surface area contributed by atoms with Crippen molar-refractivity contribution >= 4 is 38.3 Å². The Labute approximate surface area is 326 Å². The van der Waals surface area contributed by atoms with E-state index in [0.717, 1.165) is 77.1 Å². The maximum atomic E-state index is 6.86. The van der Waals surface area contributed by atoms with Gasteiger partial charge in [0.05, 0.1) is 22.4 Å². The van der Waals surface area contributed by atoms with E-state index in [9.17, 15) is 0 Å². The molecule has 3 aromatic heterocycles. The molecule has 0 radical (unpaired) electrons. The lowest BCUT2D eigenvalue weighted by Gasteiger charge is -2.23. The summed E-state index contributed by atoms with van der Waals surface area (Å²) in [5, 5.41) is 3.78. The minimum absolute atomic E-state index is 0.334. The summed E-state index contributed by atoms with van der Waals surface area (Å²) in [6, 6.07) is 54.1. The number of hydrogen-bond acceptors (Lipinski definition) is 3. The van der Waals surface area contributed by atoms with Crippen LogP contribution in [0.3, 0.4) is 0 Å². The van der Waals surface area contributed by atoms with E-state index in [2.05, 4.69) is 174 Å². The summed E-state index contributed by atoms with van der Waals surface area (Å²) in [6.45, 7) is 0. The van der Waals surface area contributed by atoms with Gasteiger partial charge in [0.15, 0.2) is 5.82 Å². The number of furan rings is 1. The first-order chi connectivity index (χ1) is 27.8. The van der Waals surface area contributed by atoms with E-state index in [1.807, 2.05) is 0 Å². The molecule has 2 aliphatic rings. The molecule has 0 N–H and O–H groups in total. The van der Waals surface area contributed by atoms with E-state index in [1.54, 1.807) is 0 Å². The second kappa shape index (κ2) is 13.5. The summed E-state index contributed by atoms with van der Waals surface area (Å²) in [6.07, 6.45) is 11.4. The van der Waals surface area contributed by atoms with Crippen molar-refractivity contribution in [3.05, 3.63) is 192 Å². The van der Waals surface area contributed by atoms with Crippen LogP contribution in [0.15, 0.2) is 174 Å². The van der Waals surface area contributed by atoms with Crippen molar-refractivity contribution in [3.8, 4) is 39.5 Å². The fourth-order valence-electron chi connectivity index (χ4n) is 9.21. The van der Waals surface area contributed by atoms with Gasteiger partial charge >= 0.3 is 0 Å². The van der Waals surface area contributed by atoms with Gasteiger partial charge in [-0.25, -0.2) is 9.97 Å². The van der Waals surface area contributed by atoms with Crippen LogP contribution in [0.25, 0.3) is 77.8 Å². The first-order valence-corrected chi connectivity index (χ1v) is 19.8. The lowest BCUT2D eigenvalue weighted by molar-refractivity contribution is 0.472. The van der Waals surface area contributed by atoms with E-state index in [4.69, 9.17) is 14.4 Å². The lowest BCUT2D eigenvalue weighted by Crippen LogP contribution is -2.12. The summed E-state index contributed by atoms with van der Waals surface area (Å²) < 4.78 is 9.32. The third-order valence-electron chi connectivity index (χ3n) is 11.8. The molecule has 3 heterocycles. The van der Waals surface area contributed by atoms with E-state index in [-0.39, 0.29) is 0 Å². The van der Waals surface area contributed by atoms with Crippen LogP contribution < -0.4 is 0 Å². The second-order valence-electron chi connectivity index (χ2n) is 15.1. The number of allylic oxidation sites excluding steroid dienone is 4. The Morgan fingerprint density at radius 3 is 2.14 bits per heavy atom. The summed E-state index contributed by atoms with van der Waals surface area (Å²) >= 11 is 0. The zero-order valence-corrected chi connectivity index (χ0v) is 31.0. The number of benzene rings is 6. The van der Waals surface area contributed by atoms with E-state index >= 15 is 0 Å². The third kappa shape index (κ3) is 5.44. The molecule has 2 aliphatic carbocycles. The molecule has 56 heavy (non-hydrogen) atoms. The molecule has 11 rings (SSSR count). The van der Waals surface area contributed by atoms with Crippen LogP contribution in [0.5, 0.6) is 0 Å². The van der Waals surface area contributed by atoms with Crippen LogP contribution in [0.4, 0.5) is 0 Å². The number of hydrogen-bond donors (Lipinski definition) is 0. The minimum atomic E-state index is 0.334. The van der Waals surface area contributed by atoms with Crippen molar-refractivity contribution in [2.45, 2.75) is 38.0 Å². The quantitative estimate of drug-likeness (QED) is 0.172. The van der Waals surface area contributed by atoms with Crippen LogP contribution in [-0.4, -0.2) is 14.5 Å². The summed E-state index contributed by atoms with van der Waals surface area (Å²) in [5.74, 6) is 2.14. The van der Waals surface area contributed by atoms with Crippen molar-refractivity contribution in [2.24, 2.45) is 0 Å². The molecule has 0 amide bonds. The highest BCUT2D eigenvalue weighted by atomic mass is 16.3. The molecule has 1 atom stereocenters. The van der Waals surface area contributed by atoms with Gasteiger partial charge in [-0.2, -0.15) is 0 Å². The van der Waals surface area contributed by atoms with Gasteiger partial charge in [0, 0.05) is 50.5 Å². The molecule has 0 fully saturated rings. The fourth-order valence-corrected chi connectivity index (χ4v) is 9.21. The van der Waals surface area contributed by atoms with Crippen LogP contribution >= 0.6 is 0 Å². The first kappa shape index (κ1) is 32.6. The van der Waals surface area contributed by atoms with E-state index < -0.39 is 0 Å². The van der Waals surface area contributed by atoms with Gasteiger partial charge in [-0.1, -0.05) is 146 Å². The molecule has 0 aliphatic heterocycles. The fraction of sp³-hybridized carbons (Fsp3) is 0.115. The molecule has 6 aromatic carbocycles. The largest absolute Gasteiger partial charge is 0.461 e. The average molecular weight is 722 g/mol. The maximum absolute atomic E-state index is 6.86. The van der Waals surface area contributed by atoms with Crippen molar-refractivity contribution < 1.29 is 4.42 Å². The predicted octanol–water partition coefficient (Wildman–Crippen LogP) is 13.3. The number of aromatic nitrogens is 3. The number of nitrogens with zero attached hydrogens (tertiary/aromatic N) is 3. The number of para-hydroxylation sites is 3. The third-order valence-corrected chi connectivity index (χ3v) is 11.8. The Kier molecular flexibility index (Phi) is 7.87. The lowest BCUT2D eigenvalue weighted by atomic mass is 9.82. The van der Waals surface area contributed by atoms with Gasteiger partial charge in [-0.05, 0) is 72.6 Å². The minimum Gasteiger partial charge on any atom is -0.461 e.